The molecule has 2 aliphatic rings. The van der Waals surface area contributed by atoms with E-state index in [9.17, 15) is 24.3 Å². The molecule has 4 N–H and O–H groups in total. The van der Waals surface area contributed by atoms with Gasteiger partial charge in [0.15, 0.2) is 0 Å². The first-order valence-corrected chi connectivity index (χ1v) is 15.6. The van der Waals surface area contributed by atoms with Gasteiger partial charge < -0.3 is 30.4 Å². The number of hydrogen-bond donors (Lipinski definition) is 4. The van der Waals surface area contributed by atoms with Crippen LogP contribution >= 0.6 is 11.6 Å². The van der Waals surface area contributed by atoms with Crippen molar-refractivity contribution in [2.75, 3.05) is 19.0 Å². The Morgan fingerprint density at radius 3 is 2.57 bits per heavy atom. The first kappa shape index (κ1) is 32.2. The summed E-state index contributed by atoms with van der Waals surface area (Å²) in [5.74, 6) is -0.222. The largest absolute Gasteiger partial charge is 0.481 e. The zero-order valence-electron chi connectivity index (χ0n) is 26.4. The number of nitrogens with zero attached hydrogens (tertiary/aromatic N) is 3. The van der Waals surface area contributed by atoms with Crippen LogP contribution in [0.2, 0.25) is 5.02 Å². The molecule has 12 nitrogen and oxygen atoms in total. The van der Waals surface area contributed by atoms with Crippen molar-refractivity contribution in [3.63, 3.8) is 0 Å². The van der Waals surface area contributed by atoms with Gasteiger partial charge in [-0.3, -0.25) is 19.0 Å². The molecule has 244 valence electrons. The lowest BCUT2D eigenvalue weighted by Crippen LogP contribution is -2.40. The molecule has 13 heteroatoms. The molecular weight excluding hydrogens is 624 g/mol. The smallest absolute Gasteiger partial charge is 0.330 e. The summed E-state index contributed by atoms with van der Waals surface area (Å²) in [5, 5.41) is 20.6. The number of ether oxygens (including phenoxy) is 1. The van der Waals surface area contributed by atoms with Crippen molar-refractivity contribution in [1.29, 1.82) is 0 Å². The van der Waals surface area contributed by atoms with Crippen LogP contribution in [0.3, 0.4) is 0 Å². The van der Waals surface area contributed by atoms with E-state index in [4.69, 9.17) is 21.3 Å². The molecule has 2 amide bonds. The van der Waals surface area contributed by atoms with Gasteiger partial charge in [0.25, 0.3) is 11.5 Å². The maximum absolute atomic E-state index is 13.2. The molecule has 1 saturated heterocycles. The maximum Gasteiger partial charge on any atom is 0.330 e. The molecule has 1 aliphatic carbocycles. The summed E-state index contributed by atoms with van der Waals surface area (Å²) < 4.78 is 7.79. The minimum absolute atomic E-state index is 0.00900. The van der Waals surface area contributed by atoms with Gasteiger partial charge in [-0.15, -0.1) is 0 Å². The number of aliphatic hydroxyl groups excluding tert-OH is 1. The van der Waals surface area contributed by atoms with Gasteiger partial charge in [-0.05, 0) is 42.2 Å². The van der Waals surface area contributed by atoms with Gasteiger partial charge >= 0.3 is 5.69 Å². The van der Waals surface area contributed by atoms with Crippen LogP contribution in [0.25, 0.3) is 22.4 Å². The number of hydrogen-bond acceptors (Lipinski definition) is 8. The molecule has 3 atom stereocenters. The molecule has 6 rings (SSSR count). The Kier molecular flexibility index (Phi) is 8.75. The van der Waals surface area contributed by atoms with Gasteiger partial charge in [0.2, 0.25) is 11.8 Å². The third-order valence-corrected chi connectivity index (χ3v) is 9.34. The predicted molar refractivity (Wildman–Crippen MR) is 178 cm³/mol. The molecule has 0 unspecified atom stereocenters. The first-order valence-electron chi connectivity index (χ1n) is 15.2. The highest BCUT2D eigenvalue weighted by Gasteiger charge is 2.36. The average molecular weight is 659 g/mol. The lowest BCUT2D eigenvalue weighted by molar-refractivity contribution is -0.119. The fourth-order valence-corrected chi connectivity index (χ4v) is 6.73. The highest BCUT2D eigenvalue weighted by molar-refractivity contribution is 6.36. The highest BCUT2D eigenvalue weighted by Crippen LogP contribution is 2.43. The Labute approximate surface area is 275 Å². The normalized spacial score (nSPS) is 18.6. The van der Waals surface area contributed by atoms with E-state index in [-0.39, 0.29) is 17.5 Å². The summed E-state index contributed by atoms with van der Waals surface area (Å²) in [6.45, 7) is 2.36. The van der Waals surface area contributed by atoms with Gasteiger partial charge in [-0.1, -0.05) is 41.9 Å². The highest BCUT2D eigenvalue weighted by atomic mass is 35.5. The van der Waals surface area contributed by atoms with Gasteiger partial charge in [-0.25, -0.2) is 9.78 Å². The Morgan fingerprint density at radius 1 is 1.13 bits per heavy atom. The number of pyridine rings is 1. The molecule has 0 spiro atoms. The number of methoxy groups -OCH3 is 1. The third kappa shape index (κ3) is 5.95. The van der Waals surface area contributed by atoms with Crippen molar-refractivity contribution in [2.24, 2.45) is 14.1 Å². The van der Waals surface area contributed by atoms with Crippen LogP contribution in [-0.4, -0.2) is 56.8 Å². The summed E-state index contributed by atoms with van der Waals surface area (Å²) >= 11 is 7.07. The lowest BCUT2D eigenvalue weighted by atomic mass is 9.96. The van der Waals surface area contributed by atoms with Crippen molar-refractivity contribution in [2.45, 2.75) is 44.4 Å². The maximum atomic E-state index is 13.2. The number of anilines is 1. The van der Waals surface area contributed by atoms with Gasteiger partial charge in [0, 0.05) is 68.1 Å². The quantitative estimate of drug-likeness (QED) is 0.225. The monoisotopic (exact) mass is 658 g/mol. The number of aromatic nitrogens is 3. The number of fused-ring (bicyclic) bond motifs is 1. The van der Waals surface area contributed by atoms with Crippen LogP contribution in [0.5, 0.6) is 5.88 Å². The second-order valence-corrected chi connectivity index (χ2v) is 12.3. The SMILES string of the molecule is COc1nc(-c2cccc(-c3cccc(NC(=O)c4cn(C)c(=O)n(C)c4=O)c3C)c2Cl)cc2c1[C@H](NC[C@@H]1CCC(=O)N1)[C@@H](O)C2. The van der Waals surface area contributed by atoms with E-state index in [0.717, 1.165) is 33.2 Å². The van der Waals surface area contributed by atoms with Crippen molar-refractivity contribution in [3.05, 3.63) is 96.8 Å². The average Bonchev–Trinajstić information content (AvgIpc) is 3.62. The first-order chi connectivity index (χ1) is 22.5. The Bertz CT molecular complexity index is 2040. The summed E-state index contributed by atoms with van der Waals surface area (Å²) in [4.78, 5) is 54.3. The zero-order chi connectivity index (χ0) is 33.6. The second kappa shape index (κ2) is 12.8. The third-order valence-electron chi connectivity index (χ3n) is 8.93. The van der Waals surface area contributed by atoms with Crippen LogP contribution < -0.4 is 31.9 Å². The van der Waals surface area contributed by atoms with Crippen LogP contribution in [0, 0.1) is 6.92 Å². The van der Waals surface area contributed by atoms with E-state index < -0.39 is 29.3 Å². The summed E-state index contributed by atoms with van der Waals surface area (Å²) in [6.07, 6.45) is 2.17. The van der Waals surface area contributed by atoms with E-state index in [1.807, 2.05) is 37.3 Å². The topological polar surface area (TPSA) is 157 Å². The molecule has 3 heterocycles. The van der Waals surface area contributed by atoms with E-state index in [1.54, 1.807) is 12.1 Å². The molecular formula is C34H35ClN6O6. The van der Waals surface area contributed by atoms with E-state index in [2.05, 4.69) is 16.0 Å². The minimum Gasteiger partial charge on any atom is -0.481 e. The molecule has 0 saturated carbocycles. The van der Waals surface area contributed by atoms with Crippen LogP contribution in [0.4, 0.5) is 5.69 Å². The number of amides is 2. The number of benzene rings is 2. The molecule has 2 aromatic carbocycles. The summed E-state index contributed by atoms with van der Waals surface area (Å²) in [7, 11) is 4.34. The predicted octanol–water partition coefficient (Wildman–Crippen LogP) is 2.86. The van der Waals surface area contributed by atoms with Gasteiger partial charge in [-0.2, -0.15) is 0 Å². The van der Waals surface area contributed by atoms with Crippen molar-refractivity contribution in [3.8, 4) is 28.3 Å². The van der Waals surface area contributed by atoms with E-state index in [0.29, 0.717) is 52.8 Å². The number of carbonyl (C=O) groups is 2. The number of aryl methyl sites for hydroxylation is 1. The fraction of sp³-hybridized carbons (Fsp3) is 0.324. The fourth-order valence-electron chi connectivity index (χ4n) is 6.40. The molecule has 0 bridgehead atoms. The van der Waals surface area contributed by atoms with E-state index in [1.165, 1.54) is 32.0 Å². The number of carbonyl (C=O) groups excluding carboxylic acids is 2. The van der Waals surface area contributed by atoms with E-state index >= 15 is 0 Å². The molecule has 47 heavy (non-hydrogen) atoms. The summed E-state index contributed by atoms with van der Waals surface area (Å²) in [6, 6.07) is 12.5. The zero-order valence-corrected chi connectivity index (χ0v) is 27.1. The van der Waals surface area contributed by atoms with Gasteiger partial charge in [0.1, 0.15) is 5.56 Å². The lowest BCUT2D eigenvalue weighted by Gasteiger charge is -2.22. The number of nitrogens with one attached hydrogen (secondary N) is 3. The Hall–Kier alpha value is -4.78. The van der Waals surface area contributed by atoms with Gasteiger partial charge in [0.05, 0.1) is 30.0 Å². The van der Waals surface area contributed by atoms with Crippen LogP contribution in [0.15, 0.2) is 58.3 Å². The summed E-state index contributed by atoms with van der Waals surface area (Å²) in [5.41, 5.74) is 4.19. The Balaban J connectivity index is 1.31. The van der Waals surface area contributed by atoms with Crippen molar-refractivity contribution >= 4 is 29.1 Å². The second-order valence-electron chi connectivity index (χ2n) is 11.9. The van der Waals surface area contributed by atoms with Crippen molar-refractivity contribution < 1.29 is 19.4 Å². The Morgan fingerprint density at radius 2 is 1.85 bits per heavy atom. The molecule has 1 aliphatic heterocycles. The van der Waals surface area contributed by atoms with Crippen molar-refractivity contribution in [1.82, 2.24) is 24.8 Å². The molecule has 0 radical (unpaired) electrons. The van der Waals surface area contributed by atoms with Crippen LogP contribution in [0.1, 0.15) is 45.9 Å². The number of aliphatic hydroxyl groups is 1. The number of halogens is 1. The van der Waals surface area contributed by atoms with Crippen LogP contribution in [-0.2, 0) is 25.3 Å². The standard InChI is InChI=1S/C34H35ClN6O6/c1-17-20(7-6-10-24(17)38-31(44)23-16-40(2)34(46)41(3)33(23)45)21-8-5-9-22(29(21)35)25-13-18-14-26(42)30(28(18)32(39-25)47-4)36-15-19-11-12-27(43)37-19/h5-10,13,16,19,26,30,36,42H,11-12,14-15H2,1-4H3,(H,37,43)(H,38,44)/t19-,26-,30+/m0/s1. The minimum atomic E-state index is -0.698. The molecule has 1 fully saturated rings. The number of rotatable bonds is 8. The molecule has 4 aromatic rings. The molecule has 2 aromatic heterocycles.